The molecule has 1 N–H and O–H groups in total. The number of halogens is 6. The number of nitrogens with zero attached hydrogens (tertiary/aromatic N) is 1. The highest BCUT2D eigenvalue weighted by molar-refractivity contribution is 7.87. The van der Waals surface area contributed by atoms with Gasteiger partial charge in [0.05, 0.1) is 11.1 Å². The van der Waals surface area contributed by atoms with Crippen LogP contribution in [0.5, 0.6) is 5.75 Å². The van der Waals surface area contributed by atoms with E-state index in [1.54, 1.807) is 13.8 Å². The third-order valence-corrected chi connectivity index (χ3v) is 6.52. The van der Waals surface area contributed by atoms with Gasteiger partial charge in [0.2, 0.25) is 0 Å². The molecular formula is C25H22F6N2O4S. The summed E-state index contributed by atoms with van der Waals surface area (Å²) in [5, 5.41) is 2.53. The van der Waals surface area contributed by atoms with E-state index >= 15 is 0 Å². The Balaban J connectivity index is 1.69. The van der Waals surface area contributed by atoms with Crippen LogP contribution in [0, 0.1) is 0 Å². The van der Waals surface area contributed by atoms with Gasteiger partial charge in [0.15, 0.2) is 0 Å². The van der Waals surface area contributed by atoms with Crippen LogP contribution in [-0.2, 0) is 29.0 Å². The summed E-state index contributed by atoms with van der Waals surface area (Å²) in [5.74, 6) is -0.156. The number of anilines is 1. The lowest BCUT2D eigenvalue weighted by Crippen LogP contribution is -2.39. The molecule has 0 heterocycles. The number of alkyl halides is 6. The molecule has 0 aliphatic carbocycles. The van der Waals surface area contributed by atoms with Gasteiger partial charge in [0.1, 0.15) is 10.6 Å². The molecule has 0 unspecified atom stereocenters. The average molecular weight is 561 g/mol. The summed E-state index contributed by atoms with van der Waals surface area (Å²) in [5.41, 5.74) is -1.27. The van der Waals surface area contributed by atoms with Crippen LogP contribution in [0.1, 0.15) is 30.5 Å². The van der Waals surface area contributed by atoms with Crippen LogP contribution < -0.4 is 9.50 Å². The summed E-state index contributed by atoms with van der Waals surface area (Å²) >= 11 is 0. The molecule has 0 aromatic heterocycles. The zero-order valence-electron chi connectivity index (χ0n) is 20.0. The third-order valence-electron chi connectivity index (χ3n) is 5.28. The van der Waals surface area contributed by atoms with Crippen molar-refractivity contribution in [2.24, 2.45) is 0 Å². The number of carbonyl (C=O) groups is 1. The molecule has 3 aromatic rings. The Hall–Kier alpha value is -3.74. The fraction of sp³-hybridized carbons (Fsp3) is 0.240. The SMILES string of the molecule is CC(C)N(Cc1ccc(OS(=O)(=O)c2cccc(C(F)(F)F)c2)cc1)C(=O)Nc1ccc(C(F)(F)F)cc1. The molecule has 0 saturated carbocycles. The summed E-state index contributed by atoms with van der Waals surface area (Å²) in [6, 6.07) is 11.7. The lowest BCUT2D eigenvalue weighted by molar-refractivity contribution is -0.138. The van der Waals surface area contributed by atoms with E-state index in [-0.39, 0.29) is 24.0 Å². The van der Waals surface area contributed by atoms with Crippen molar-refractivity contribution in [3.05, 3.63) is 89.5 Å². The fourth-order valence-corrected chi connectivity index (χ4v) is 4.25. The van der Waals surface area contributed by atoms with Gasteiger partial charge in [0, 0.05) is 18.3 Å². The number of rotatable bonds is 7. The number of hydrogen-bond donors (Lipinski definition) is 1. The molecule has 38 heavy (non-hydrogen) atoms. The van der Waals surface area contributed by atoms with E-state index in [1.807, 2.05) is 0 Å². The second-order valence-electron chi connectivity index (χ2n) is 8.43. The summed E-state index contributed by atoms with van der Waals surface area (Å²) in [6.07, 6.45) is -9.23. The van der Waals surface area contributed by atoms with Crippen molar-refractivity contribution in [3.63, 3.8) is 0 Å². The summed E-state index contributed by atoms with van der Waals surface area (Å²) in [6.45, 7) is 3.52. The Bertz CT molecular complexity index is 1370. The van der Waals surface area contributed by atoms with Gasteiger partial charge in [-0.1, -0.05) is 18.2 Å². The quantitative estimate of drug-likeness (QED) is 0.251. The second kappa shape index (κ2) is 10.9. The number of hydrogen-bond acceptors (Lipinski definition) is 4. The predicted octanol–water partition coefficient (Wildman–Crippen LogP) is 6.93. The van der Waals surface area contributed by atoms with Crippen molar-refractivity contribution in [2.75, 3.05) is 5.32 Å². The summed E-state index contributed by atoms with van der Waals surface area (Å²) in [4.78, 5) is 13.5. The van der Waals surface area contributed by atoms with Gasteiger partial charge in [-0.2, -0.15) is 34.8 Å². The molecule has 6 nitrogen and oxygen atoms in total. The second-order valence-corrected chi connectivity index (χ2v) is 9.98. The van der Waals surface area contributed by atoms with Gasteiger partial charge in [-0.15, -0.1) is 0 Å². The van der Waals surface area contributed by atoms with E-state index in [2.05, 4.69) is 5.32 Å². The van der Waals surface area contributed by atoms with E-state index in [0.29, 0.717) is 11.6 Å². The summed E-state index contributed by atoms with van der Waals surface area (Å²) in [7, 11) is -4.55. The van der Waals surface area contributed by atoms with Crippen LogP contribution in [0.3, 0.4) is 0 Å². The first-order valence-electron chi connectivity index (χ1n) is 11.0. The predicted molar refractivity (Wildman–Crippen MR) is 127 cm³/mol. The maximum absolute atomic E-state index is 12.9. The summed E-state index contributed by atoms with van der Waals surface area (Å²) < 4.78 is 107. The first kappa shape index (κ1) is 28.8. The molecule has 0 spiro atoms. The normalized spacial score (nSPS) is 12.3. The van der Waals surface area contributed by atoms with Gasteiger partial charge < -0.3 is 14.4 Å². The van der Waals surface area contributed by atoms with Gasteiger partial charge in [-0.3, -0.25) is 0 Å². The Labute approximate surface area is 215 Å². The number of amides is 2. The molecule has 0 aliphatic heterocycles. The topological polar surface area (TPSA) is 75.7 Å². The van der Waals surface area contributed by atoms with E-state index in [1.165, 1.54) is 29.2 Å². The molecule has 2 amide bonds. The standard InChI is InChI=1S/C25H22F6N2O4S/c1-16(2)33(23(34)32-20-10-8-18(9-11-20)24(26,27)28)15-17-6-12-21(13-7-17)37-38(35,36)22-5-3-4-19(14-22)25(29,30)31/h3-14,16H,15H2,1-2H3,(H,32,34). The monoisotopic (exact) mass is 560 g/mol. The van der Waals surface area contributed by atoms with E-state index < -0.39 is 44.5 Å². The van der Waals surface area contributed by atoms with Crippen LogP contribution in [0.15, 0.2) is 77.7 Å². The van der Waals surface area contributed by atoms with Crippen molar-refractivity contribution in [3.8, 4) is 5.75 Å². The van der Waals surface area contributed by atoms with Gasteiger partial charge in [-0.05, 0) is 74.0 Å². The molecule has 0 atom stereocenters. The van der Waals surface area contributed by atoms with Crippen molar-refractivity contribution < 1.29 is 43.7 Å². The lowest BCUT2D eigenvalue weighted by atomic mass is 10.2. The molecule has 3 rings (SSSR count). The largest absolute Gasteiger partial charge is 0.416 e. The minimum atomic E-state index is -4.73. The molecule has 0 saturated heterocycles. The molecule has 0 bridgehead atoms. The minimum absolute atomic E-state index is 0.0603. The molecule has 3 aromatic carbocycles. The Morgan fingerprint density at radius 2 is 1.45 bits per heavy atom. The van der Waals surface area contributed by atoms with E-state index in [4.69, 9.17) is 4.18 Å². The zero-order chi connectivity index (χ0) is 28.3. The van der Waals surface area contributed by atoms with E-state index in [9.17, 15) is 39.6 Å². The maximum Gasteiger partial charge on any atom is 0.416 e. The molecule has 0 radical (unpaired) electrons. The fourth-order valence-electron chi connectivity index (χ4n) is 3.28. The van der Waals surface area contributed by atoms with Crippen molar-refractivity contribution in [1.29, 1.82) is 0 Å². The lowest BCUT2D eigenvalue weighted by Gasteiger charge is -2.27. The van der Waals surface area contributed by atoms with Gasteiger partial charge >= 0.3 is 28.5 Å². The zero-order valence-corrected chi connectivity index (χ0v) is 20.8. The Kier molecular flexibility index (Phi) is 8.30. The van der Waals surface area contributed by atoms with Crippen LogP contribution >= 0.6 is 0 Å². The van der Waals surface area contributed by atoms with Crippen LogP contribution in [-0.4, -0.2) is 25.4 Å². The van der Waals surface area contributed by atoms with Crippen molar-refractivity contribution in [2.45, 2.75) is 43.7 Å². The van der Waals surface area contributed by atoms with Crippen LogP contribution in [0.4, 0.5) is 36.8 Å². The van der Waals surface area contributed by atoms with Crippen LogP contribution in [0.25, 0.3) is 0 Å². The van der Waals surface area contributed by atoms with Gasteiger partial charge in [-0.25, -0.2) is 4.79 Å². The first-order valence-corrected chi connectivity index (χ1v) is 12.4. The Morgan fingerprint density at radius 1 is 0.868 bits per heavy atom. The molecule has 0 aliphatic rings. The number of urea groups is 1. The molecule has 0 fully saturated rings. The smallest absolute Gasteiger partial charge is 0.379 e. The van der Waals surface area contributed by atoms with Crippen LogP contribution in [0.2, 0.25) is 0 Å². The average Bonchev–Trinajstić information content (AvgIpc) is 2.82. The van der Waals surface area contributed by atoms with Crippen molar-refractivity contribution in [1.82, 2.24) is 4.90 Å². The molecule has 13 heteroatoms. The van der Waals surface area contributed by atoms with Gasteiger partial charge in [0.25, 0.3) is 0 Å². The number of nitrogens with one attached hydrogen (secondary N) is 1. The minimum Gasteiger partial charge on any atom is -0.379 e. The maximum atomic E-state index is 12.9. The Morgan fingerprint density at radius 3 is 1.97 bits per heavy atom. The van der Waals surface area contributed by atoms with E-state index in [0.717, 1.165) is 42.5 Å². The highest BCUT2D eigenvalue weighted by atomic mass is 32.2. The molecule has 204 valence electrons. The number of benzene rings is 3. The highest BCUT2D eigenvalue weighted by Gasteiger charge is 2.32. The van der Waals surface area contributed by atoms with Crippen molar-refractivity contribution >= 4 is 21.8 Å². The number of carbonyl (C=O) groups excluding carboxylic acids is 1. The first-order chi connectivity index (χ1) is 17.6. The molecular weight excluding hydrogens is 538 g/mol. The third kappa shape index (κ3) is 7.40. The highest BCUT2D eigenvalue weighted by Crippen LogP contribution is 2.32.